The number of nitrogens with zero attached hydrogens (tertiary/aromatic N) is 3. The Morgan fingerprint density at radius 1 is 0.739 bits per heavy atom. The van der Waals surface area contributed by atoms with Crippen LogP contribution in [0.3, 0.4) is 0 Å². The van der Waals surface area contributed by atoms with Gasteiger partial charge >= 0.3 is 0 Å². The molecule has 0 saturated heterocycles. The molecule has 3 heterocycles. The van der Waals surface area contributed by atoms with E-state index < -0.39 is 0 Å². The zero-order valence-corrected chi connectivity index (χ0v) is 13.5. The van der Waals surface area contributed by atoms with Crippen LogP contribution in [0, 0.1) is 0 Å². The third-order valence-corrected chi connectivity index (χ3v) is 3.16. The normalized spacial score (nSPS) is 11.3. The summed E-state index contributed by atoms with van der Waals surface area (Å²) in [5.74, 6) is 0.718. The molecule has 0 unspecified atom stereocenters. The van der Waals surface area contributed by atoms with Crippen molar-refractivity contribution in [2.24, 2.45) is 0 Å². The first-order valence-electron chi connectivity index (χ1n) is 7.55. The molecule has 0 bridgehead atoms. The molecule has 3 aromatic heterocycles. The number of hydrogen-bond donors (Lipinski definition) is 0. The minimum Gasteiger partial charge on any atom is -0.486 e. The third-order valence-electron chi connectivity index (χ3n) is 3.16. The highest BCUT2D eigenvalue weighted by Gasteiger charge is 2.19. The second-order valence-electron chi connectivity index (χ2n) is 6.18. The molecule has 3 rings (SSSR count). The van der Waals surface area contributed by atoms with Crippen molar-refractivity contribution in [3.63, 3.8) is 0 Å². The van der Waals surface area contributed by atoms with Crippen molar-refractivity contribution in [3.05, 3.63) is 61.1 Å². The maximum absolute atomic E-state index is 6.06. The molecule has 0 aliphatic heterocycles. The minimum atomic E-state index is -0.308. The highest BCUT2D eigenvalue weighted by Crippen LogP contribution is 2.34. The molecule has 0 radical (unpaired) electrons. The van der Waals surface area contributed by atoms with Gasteiger partial charge in [-0.2, -0.15) is 0 Å². The van der Waals surface area contributed by atoms with Crippen LogP contribution in [-0.2, 0) is 0 Å². The van der Waals surface area contributed by atoms with Gasteiger partial charge in [0.25, 0.3) is 0 Å². The lowest BCUT2D eigenvalue weighted by Gasteiger charge is -2.23. The van der Waals surface area contributed by atoms with Crippen LogP contribution in [0.4, 0.5) is 0 Å². The molecule has 0 amide bonds. The van der Waals surface area contributed by atoms with Crippen molar-refractivity contribution in [1.82, 2.24) is 15.0 Å². The summed E-state index contributed by atoms with van der Waals surface area (Å²) in [7, 11) is 0. The Balaban J connectivity index is 2.14. The van der Waals surface area contributed by atoms with E-state index in [0.717, 1.165) is 28.4 Å². The first kappa shape index (κ1) is 15.2. The summed E-state index contributed by atoms with van der Waals surface area (Å²) < 4.78 is 6.06. The van der Waals surface area contributed by atoms with Crippen LogP contribution in [0.15, 0.2) is 61.1 Å². The van der Waals surface area contributed by atoms with Gasteiger partial charge in [0.05, 0.1) is 5.69 Å². The van der Waals surface area contributed by atoms with Crippen LogP contribution in [0.2, 0.25) is 0 Å². The second kappa shape index (κ2) is 6.16. The molecule has 0 N–H and O–H groups in total. The van der Waals surface area contributed by atoms with Gasteiger partial charge in [-0.3, -0.25) is 15.0 Å². The standard InChI is InChI=1S/C19H19N3O/c1-19(2,3)23-16-10-7-13-22-18(16)17-14(8-6-12-21-17)15-9-4-5-11-20-15/h4-13H,1-3H3. The third kappa shape index (κ3) is 3.54. The number of rotatable bonds is 3. The zero-order valence-electron chi connectivity index (χ0n) is 13.5. The topological polar surface area (TPSA) is 47.9 Å². The number of pyridine rings is 3. The summed E-state index contributed by atoms with van der Waals surface area (Å²) in [4.78, 5) is 13.5. The van der Waals surface area contributed by atoms with Crippen LogP contribution >= 0.6 is 0 Å². The summed E-state index contributed by atoms with van der Waals surface area (Å²) >= 11 is 0. The Hall–Kier alpha value is -2.75. The molecule has 0 saturated carbocycles. The van der Waals surface area contributed by atoms with E-state index in [2.05, 4.69) is 15.0 Å². The Morgan fingerprint density at radius 3 is 2.13 bits per heavy atom. The van der Waals surface area contributed by atoms with Gasteiger partial charge in [0.2, 0.25) is 0 Å². The number of aromatic nitrogens is 3. The lowest BCUT2D eigenvalue weighted by molar-refractivity contribution is 0.131. The smallest absolute Gasteiger partial charge is 0.148 e. The van der Waals surface area contributed by atoms with Crippen molar-refractivity contribution in [2.45, 2.75) is 26.4 Å². The average molecular weight is 305 g/mol. The van der Waals surface area contributed by atoms with Gasteiger partial charge in [-0.05, 0) is 57.2 Å². The average Bonchev–Trinajstić information content (AvgIpc) is 2.55. The van der Waals surface area contributed by atoms with E-state index in [9.17, 15) is 0 Å². The van der Waals surface area contributed by atoms with Crippen LogP contribution in [0.25, 0.3) is 22.6 Å². The van der Waals surface area contributed by atoms with Crippen LogP contribution < -0.4 is 4.74 Å². The fourth-order valence-corrected chi connectivity index (χ4v) is 2.30. The maximum atomic E-state index is 6.06. The molecule has 0 aliphatic carbocycles. The van der Waals surface area contributed by atoms with E-state index in [0.29, 0.717) is 0 Å². The summed E-state index contributed by atoms with van der Waals surface area (Å²) in [5, 5.41) is 0. The van der Waals surface area contributed by atoms with Gasteiger partial charge in [-0.15, -0.1) is 0 Å². The maximum Gasteiger partial charge on any atom is 0.148 e. The molecule has 4 heteroatoms. The van der Waals surface area contributed by atoms with Crippen LogP contribution in [-0.4, -0.2) is 20.6 Å². The Kier molecular flexibility index (Phi) is 4.06. The van der Waals surface area contributed by atoms with Gasteiger partial charge in [0.1, 0.15) is 22.7 Å². The lowest BCUT2D eigenvalue weighted by Crippen LogP contribution is -2.23. The van der Waals surface area contributed by atoms with E-state index in [1.165, 1.54) is 0 Å². The predicted molar refractivity (Wildman–Crippen MR) is 91.1 cm³/mol. The van der Waals surface area contributed by atoms with Crippen LogP contribution in [0.5, 0.6) is 5.75 Å². The minimum absolute atomic E-state index is 0.308. The summed E-state index contributed by atoms with van der Waals surface area (Å²) in [6, 6.07) is 13.5. The molecular weight excluding hydrogens is 286 g/mol. The fraction of sp³-hybridized carbons (Fsp3) is 0.211. The van der Waals surface area contributed by atoms with Crippen LogP contribution in [0.1, 0.15) is 20.8 Å². The van der Waals surface area contributed by atoms with Gasteiger partial charge in [0, 0.05) is 24.2 Å². The predicted octanol–water partition coefficient (Wildman–Crippen LogP) is 4.38. The molecule has 0 aliphatic rings. The number of ether oxygens (including phenoxy) is 1. The Bertz CT molecular complexity index is 795. The summed E-state index contributed by atoms with van der Waals surface area (Å²) in [6.07, 6.45) is 5.29. The number of hydrogen-bond acceptors (Lipinski definition) is 4. The summed E-state index contributed by atoms with van der Waals surface area (Å²) in [5.41, 5.74) is 2.99. The Morgan fingerprint density at radius 2 is 1.43 bits per heavy atom. The second-order valence-corrected chi connectivity index (χ2v) is 6.18. The van der Waals surface area contributed by atoms with E-state index >= 15 is 0 Å². The quantitative estimate of drug-likeness (QED) is 0.720. The first-order valence-corrected chi connectivity index (χ1v) is 7.55. The summed E-state index contributed by atoms with van der Waals surface area (Å²) in [6.45, 7) is 6.05. The van der Waals surface area contributed by atoms with E-state index in [4.69, 9.17) is 4.74 Å². The highest BCUT2D eigenvalue weighted by atomic mass is 16.5. The fourth-order valence-electron chi connectivity index (χ4n) is 2.30. The zero-order chi connectivity index (χ0) is 16.3. The molecule has 4 nitrogen and oxygen atoms in total. The molecule has 116 valence electrons. The van der Waals surface area contributed by atoms with E-state index in [-0.39, 0.29) is 5.60 Å². The van der Waals surface area contributed by atoms with Crippen molar-refractivity contribution >= 4 is 0 Å². The first-order chi connectivity index (χ1) is 11.0. The van der Waals surface area contributed by atoms with Crippen molar-refractivity contribution in [1.29, 1.82) is 0 Å². The van der Waals surface area contributed by atoms with Gasteiger partial charge in [-0.25, -0.2) is 0 Å². The monoisotopic (exact) mass is 305 g/mol. The molecule has 0 atom stereocenters. The van der Waals surface area contributed by atoms with Gasteiger partial charge in [-0.1, -0.05) is 6.07 Å². The highest BCUT2D eigenvalue weighted by molar-refractivity contribution is 5.79. The molecular formula is C19H19N3O. The largest absolute Gasteiger partial charge is 0.486 e. The molecule has 23 heavy (non-hydrogen) atoms. The molecule has 0 spiro atoms. The lowest BCUT2D eigenvalue weighted by atomic mass is 10.1. The molecule has 0 aromatic carbocycles. The molecule has 0 fully saturated rings. The van der Waals surface area contributed by atoms with Crippen molar-refractivity contribution in [2.75, 3.05) is 0 Å². The van der Waals surface area contributed by atoms with Crippen molar-refractivity contribution < 1.29 is 4.74 Å². The Labute approximate surface area is 136 Å². The van der Waals surface area contributed by atoms with E-state index in [1.54, 1.807) is 18.6 Å². The van der Waals surface area contributed by atoms with E-state index in [1.807, 2.05) is 63.2 Å². The van der Waals surface area contributed by atoms with Gasteiger partial charge in [0.15, 0.2) is 0 Å². The SMILES string of the molecule is CC(C)(C)Oc1cccnc1-c1ncccc1-c1ccccn1. The van der Waals surface area contributed by atoms with Gasteiger partial charge < -0.3 is 4.74 Å². The molecule has 3 aromatic rings. The van der Waals surface area contributed by atoms with Crippen molar-refractivity contribution in [3.8, 4) is 28.4 Å².